The highest BCUT2D eigenvalue weighted by molar-refractivity contribution is 6.08. The maximum Gasteiger partial charge on any atom is 0.317 e. The van der Waals surface area contributed by atoms with Crippen LogP contribution in [0, 0.1) is 11.8 Å². The third-order valence-electron chi connectivity index (χ3n) is 7.35. The maximum atomic E-state index is 12.8. The van der Waals surface area contributed by atoms with Crippen LogP contribution >= 0.6 is 0 Å². The molecule has 0 spiro atoms. The zero-order valence-corrected chi connectivity index (χ0v) is 26.8. The van der Waals surface area contributed by atoms with Gasteiger partial charge in [0.05, 0.1) is 43.8 Å². The fourth-order valence-corrected chi connectivity index (χ4v) is 5.13. The van der Waals surface area contributed by atoms with Gasteiger partial charge in [-0.3, -0.25) is 43.7 Å². The Balaban J connectivity index is 1.36. The number of amides is 1. The second-order valence-electron chi connectivity index (χ2n) is 11.3. The van der Waals surface area contributed by atoms with Gasteiger partial charge >= 0.3 is 23.9 Å². The first-order chi connectivity index (χ1) is 23.9. The number of aromatic nitrogens is 2. The van der Waals surface area contributed by atoms with Crippen LogP contribution < -0.4 is 11.1 Å². The standard InChI is InChI=1S/C34H35N7O9/c35-27-16-23-2-1-11-36-33(23)34-26(27)10-9-25(38-34)8-5-22-3-6-24(7-4-22)37-28(42)17-40(19-30(45)46)14-12-39(18-29(43)44)13-15-41(20-31(47)48)21-32(49)50/h1-4,6-7,9-11,16H,12-15,17-21,35H2,(H,37,42)(H,43,44)(H,45,46)(H,47,48)(H,49,50). The van der Waals surface area contributed by atoms with E-state index in [9.17, 15) is 34.2 Å². The normalized spacial score (nSPS) is 11.1. The quantitative estimate of drug-likeness (QED) is 0.0515. The molecule has 0 bridgehead atoms. The summed E-state index contributed by atoms with van der Waals surface area (Å²) in [7, 11) is 0. The molecule has 4 rings (SSSR count). The van der Waals surface area contributed by atoms with Crippen LogP contribution in [0.5, 0.6) is 0 Å². The monoisotopic (exact) mass is 685 g/mol. The molecular weight excluding hydrogens is 650 g/mol. The summed E-state index contributed by atoms with van der Waals surface area (Å²) in [6.07, 6.45) is 1.69. The van der Waals surface area contributed by atoms with Crippen molar-refractivity contribution in [1.82, 2.24) is 24.7 Å². The Labute approximate surface area is 285 Å². The summed E-state index contributed by atoms with van der Waals surface area (Å²) in [6.45, 7) is -2.46. The van der Waals surface area contributed by atoms with Crippen molar-refractivity contribution in [3.8, 4) is 11.8 Å². The Kier molecular flexibility index (Phi) is 12.7. The molecule has 0 fully saturated rings. The van der Waals surface area contributed by atoms with Gasteiger partial charge in [-0.1, -0.05) is 12.0 Å². The Morgan fingerprint density at radius 2 is 1.24 bits per heavy atom. The van der Waals surface area contributed by atoms with E-state index in [0.717, 1.165) is 21.2 Å². The molecule has 2 aromatic heterocycles. The fraction of sp³-hybridized carbons (Fsp3) is 0.265. The maximum absolute atomic E-state index is 12.8. The van der Waals surface area contributed by atoms with E-state index in [1.165, 1.54) is 9.80 Å². The van der Waals surface area contributed by atoms with E-state index < -0.39 is 56.0 Å². The number of carboxylic acid groups (broad SMARTS) is 4. The predicted octanol–water partition coefficient (Wildman–Crippen LogP) is 0.948. The Hall–Kier alpha value is -6.15. The van der Waals surface area contributed by atoms with Gasteiger partial charge < -0.3 is 31.5 Å². The molecule has 0 aliphatic carbocycles. The van der Waals surface area contributed by atoms with Gasteiger partial charge in [-0.2, -0.15) is 0 Å². The van der Waals surface area contributed by atoms with Gasteiger partial charge in [-0.15, -0.1) is 0 Å². The van der Waals surface area contributed by atoms with Crippen molar-refractivity contribution in [3.05, 3.63) is 72.1 Å². The van der Waals surface area contributed by atoms with Crippen molar-refractivity contribution in [1.29, 1.82) is 0 Å². The number of benzene rings is 2. The smallest absolute Gasteiger partial charge is 0.317 e. The number of pyridine rings is 2. The first-order valence-corrected chi connectivity index (χ1v) is 15.3. The third-order valence-corrected chi connectivity index (χ3v) is 7.35. The van der Waals surface area contributed by atoms with Gasteiger partial charge in [-0.05, 0) is 54.5 Å². The van der Waals surface area contributed by atoms with Crippen molar-refractivity contribution in [3.63, 3.8) is 0 Å². The number of fused-ring (bicyclic) bond motifs is 3. The van der Waals surface area contributed by atoms with Crippen LogP contribution in [0.1, 0.15) is 11.3 Å². The molecule has 16 heteroatoms. The highest BCUT2D eigenvalue weighted by atomic mass is 16.4. The van der Waals surface area contributed by atoms with E-state index in [4.69, 9.17) is 15.9 Å². The summed E-state index contributed by atoms with van der Waals surface area (Å²) in [5.41, 5.74) is 9.77. The molecule has 0 saturated heterocycles. The number of rotatable bonds is 17. The molecule has 2 aromatic carbocycles. The van der Waals surface area contributed by atoms with E-state index in [-0.39, 0.29) is 32.7 Å². The fourth-order valence-electron chi connectivity index (χ4n) is 5.13. The van der Waals surface area contributed by atoms with Crippen LogP contribution in [0.4, 0.5) is 11.4 Å². The lowest BCUT2D eigenvalue weighted by Crippen LogP contribution is -2.46. The summed E-state index contributed by atoms with van der Waals surface area (Å²) >= 11 is 0. The van der Waals surface area contributed by atoms with Gasteiger partial charge in [0, 0.05) is 60.1 Å². The number of carboxylic acids is 4. The van der Waals surface area contributed by atoms with E-state index >= 15 is 0 Å². The average molecular weight is 686 g/mol. The summed E-state index contributed by atoms with van der Waals surface area (Å²) in [5.74, 6) is 0.694. The molecule has 4 aromatic rings. The molecule has 2 heterocycles. The predicted molar refractivity (Wildman–Crippen MR) is 182 cm³/mol. The molecule has 0 aliphatic rings. The number of nitrogens with one attached hydrogen (secondary N) is 1. The molecule has 0 aliphatic heterocycles. The molecule has 50 heavy (non-hydrogen) atoms. The molecular formula is C34H35N7O9. The van der Waals surface area contributed by atoms with E-state index in [2.05, 4.69) is 27.1 Å². The molecule has 1 amide bonds. The molecule has 0 unspecified atom stereocenters. The number of hydrogen-bond acceptors (Lipinski definition) is 11. The summed E-state index contributed by atoms with van der Waals surface area (Å²) < 4.78 is 0. The number of nitrogens with zero attached hydrogens (tertiary/aromatic N) is 5. The topological polar surface area (TPSA) is 240 Å². The zero-order chi connectivity index (χ0) is 36.2. The van der Waals surface area contributed by atoms with Gasteiger partial charge in [0.25, 0.3) is 0 Å². The van der Waals surface area contributed by atoms with Crippen LogP contribution in [0.25, 0.3) is 21.8 Å². The van der Waals surface area contributed by atoms with Crippen LogP contribution in [0.2, 0.25) is 0 Å². The van der Waals surface area contributed by atoms with Crippen molar-refractivity contribution >= 4 is 63.0 Å². The van der Waals surface area contributed by atoms with E-state index in [1.54, 1.807) is 36.5 Å². The Morgan fingerprint density at radius 3 is 1.84 bits per heavy atom. The number of nitrogen functional groups attached to an aromatic ring is 1. The lowest BCUT2D eigenvalue weighted by Gasteiger charge is -2.27. The van der Waals surface area contributed by atoms with Gasteiger partial charge in [0.2, 0.25) is 5.91 Å². The number of carbonyl (C=O) groups is 5. The molecule has 0 atom stereocenters. The number of hydrogen-bond donors (Lipinski definition) is 6. The zero-order valence-electron chi connectivity index (χ0n) is 26.8. The van der Waals surface area contributed by atoms with Crippen LogP contribution in [-0.2, 0) is 24.0 Å². The number of nitrogens with two attached hydrogens (primary N) is 1. The van der Waals surface area contributed by atoms with Crippen LogP contribution in [0.15, 0.2) is 60.8 Å². The summed E-state index contributed by atoms with van der Waals surface area (Å²) in [4.78, 5) is 70.9. The average Bonchev–Trinajstić information content (AvgIpc) is 3.04. The first kappa shape index (κ1) is 36.7. The minimum atomic E-state index is -1.24. The van der Waals surface area contributed by atoms with Crippen molar-refractivity contribution in [2.24, 2.45) is 0 Å². The van der Waals surface area contributed by atoms with Crippen LogP contribution in [-0.4, -0.2) is 134 Å². The first-order valence-electron chi connectivity index (χ1n) is 15.3. The Morgan fingerprint density at radius 1 is 0.680 bits per heavy atom. The lowest BCUT2D eigenvalue weighted by molar-refractivity contribution is -0.143. The minimum absolute atomic E-state index is 0.00508. The number of carbonyl (C=O) groups excluding carboxylic acids is 1. The summed E-state index contributed by atoms with van der Waals surface area (Å²) in [6, 6.07) is 15.9. The third kappa shape index (κ3) is 11.2. The second kappa shape index (κ2) is 17.3. The van der Waals surface area contributed by atoms with Gasteiger partial charge in [-0.25, -0.2) is 4.98 Å². The van der Waals surface area contributed by atoms with E-state index in [0.29, 0.717) is 28.1 Å². The summed E-state index contributed by atoms with van der Waals surface area (Å²) in [5, 5.41) is 41.2. The SMILES string of the molecule is Nc1cc2cccnc2c2nc(C#Cc3ccc(NC(=O)CN(CCN(CCN(CC(=O)O)CC(=O)O)CC(=O)O)CC(=O)O)cc3)ccc12. The largest absolute Gasteiger partial charge is 0.480 e. The van der Waals surface area contributed by atoms with Crippen LogP contribution in [0.3, 0.4) is 0 Å². The lowest BCUT2D eigenvalue weighted by atomic mass is 10.1. The minimum Gasteiger partial charge on any atom is -0.480 e. The van der Waals surface area contributed by atoms with Crippen molar-refractivity contribution in [2.45, 2.75) is 0 Å². The number of aliphatic carboxylic acids is 4. The molecule has 7 N–H and O–H groups in total. The molecule has 0 radical (unpaired) electrons. The Bertz CT molecular complexity index is 1940. The van der Waals surface area contributed by atoms with E-state index in [1.807, 2.05) is 24.3 Å². The van der Waals surface area contributed by atoms with Gasteiger partial charge in [0.15, 0.2) is 0 Å². The van der Waals surface area contributed by atoms with Gasteiger partial charge in [0.1, 0.15) is 5.69 Å². The van der Waals surface area contributed by atoms with Crippen molar-refractivity contribution < 1.29 is 44.4 Å². The number of anilines is 2. The van der Waals surface area contributed by atoms with Crippen molar-refractivity contribution in [2.75, 3.05) is 70.0 Å². The highest BCUT2D eigenvalue weighted by Crippen LogP contribution is 2.27. The molecule has 260 valence electrons. The highest BCUT2D eigenvalue weighted by Gasteiger charge is 2.20. The molecule has 0 saturated carbocycles. The molecule has 16 nitrogen and oxygen atoms in total. The second-order valence-corrected chi connectivity index (χ2v) is 11.3.